The van der Waals surface area contributed by atoms with Gasteiger partial charge in [0.25, 0.3) is 0 Å². The molecule has 0 spiro atoms. The zero-order valence-corrected chi connectivity index (χ0v) is 8.25. The van der Waals surface area contributed by atoms with Crippen LogP contribution in [0.3, 0.4) is 0 Å². The molecule has 4 N–H and O–H groups in total. The van der Waals surface area contributed by atoms with E-state index in [1.165, 1.54) is 0 Å². The fourth-order valence-corrected chi connectivity index (χ4v) is 1.57. The molecule has 0 aliphatic heterocycles. The molecule has 0 fully saturated rings. The lowest BCUT2D eigenvalue weighted by molar-refractivity contribution is 1.19. The van der Waals surface area contributed by atoms with Crippen molar-refractivity contribution in [2.45, 2.75) is 13.8 Å². The topological polar surface area (TPSA) is 70.5 Å². The smallest absolute Gasteiger partial charge is 0.199 e. The third kappa shape index (κ3) is 1.12. The van der Waals surface area contributed by atoms with Crippen LogP contribution in [0, 0.1) is 18.6 Å². The second-order valence-corrected chi connectivity index (χ2v) is 3.44. The Bertz CT molecular complexity index is 523. The molecular weight excluding hydrogens is 184 g/mol. The van der Waals surface area contributed by atoms with E-state index < -0.39 is 0 Å². The SMILES string of the molecule is Cc1[nH]c2c(N)nc(=S)[nH]c2c1C. The van der Waals surface area contributed by atoms with Gasteiger partial charge in [-0.1, -0.05) is 0 Å². The van der Waals surface area contributed by atoms with Crippen LogP contribution < -0.4 is 5.73 Å². The van der Waals surface area contributed by atoms with Crippen LogP contribution in [0.1, 0.15) is 11.3 Å². The second-order valence-electron chi connectivity index (χ2n) is 3.05. The number of nitrogens with one attached hydrogen (secondary N) is 2. The van der Waals surface area contributed by atoms with E-state index in [1.807, 2.05) is 13.8 Å². The van der Waals surface area contributed by atoms with Gasteiger partial charge in [-0.25, -0.2) is 4.98 Å². The van der Waals surface area contributed by atoms with E-state index >= 15 is 0 Å². The first kappa shape index (κ1) is 8.25. The summed E-state index contributed by atoms with van der Waals surface area (Å²) in [6.07, 6.45) is 0. The highest BCUT2D eigenvalue weighted by Crippen LogP contribution is 2.21. The Morgan fingerprint density at radius 2 is 1.92 bits per heavy atom. The third-order valence-corrected chi connectivity index (χ3v) is 2.40. The first-order chi connectivity index (χ1) is 6.09. The lowest BCUT2D eigenvalue weighted by Crippen LogP contribution is -1.93. The van der Waals surface area contributed by atoms with E-state index in [0.717, 1.165) is 22.3 Å². The van der Waals surface area contributed by atoms with Crippen molar-refractivity contribution in [1.29, 1.82) is 0 Å². The van der Waals surface area contributed by atoms with Crippen LogP contribution in [-0.4, -0.2) is 15.0 Å². The molecule has 0 aromatic carbocycles. The Labute approximate surface area is 80.2 Å². The quantitative estimate of drug-likeness (QED) is 0.560. The molecule has 0 radical (unpaired) electrons. The van der Waals surface area contributed by atoms with Gasteiger partial charge in [-0.05, 0) is 31.6 Å². The van der Waals surface area contributed by atoms with Crippen LogP contribution in [0.15, 0.2) is 0 Å². The molecule has 2 aromatic heterocycles. The van der Waals surface area contributed by atoms with Crippen LogP contribution in [0.5, 0.6) is 0 Å². The molecule has 4 nitrogen and oxygen atoms in total. The number of aromatic amines is 2. The van der Waals surface area contributed by atoms with Crippen molar-refractivity contribution in [3.63, 3.8) is 0 Å². The van der Waals surface area contributed by atoms with E-state index in [2.05, 4.69) is 15.0 Å². The monoisotopic (exact) mass is 194 g/mol. The fraction of sp³-hybridized carbons (Fsp3) is 0.250. The van der Waals surface area contributed by atoms with Crippen LogP contribution in [0.4, 0.5) is 5.82 Å². The molecule has 0 saturated heterocycles. The summed E-state index contributed by atoms with van der Waals surface area (Å²) in [7, 11) is 0. The molecule has 0 aliphatic rings. The zero-order valence-electron chi connectivity index (χ0n) is 7.43. The molecule has 5 heteroatoms. The van der Waals surface area contributed by atoms with Crippen LogP contribution in [-0.2, 0) is 0 Å². The fourth-order valence-electron chi connectivity index (χ4n) is 1.37. The average Bonchev–Trinajstić information content (AvgIpc) is 2.32. The molecule has 0 unspecified atom stereocenters. The predicted octanol–water partition coefficient (Wildman–Crippen LogP) is 1.82. The Morgan fingerprint density at radius 1 is 1.23 bits per heavy atom. The van der Waals surface area contributed by atoms with Gasteiger partial charge < -0.3 is 15.7 Å². The number of aryl methyl sites for hydroxylation is 2. The maximum atomic E-state index is 5.71. The van der Waals surface area contributed by atoms with Gasteiger partial charge in [0.15, 0.2) is 10.6 Å². The van der Waals surface area contributed by atoms with E-state index in [0.29, 0.717) is 10.6 Å². The normalized spacial score (nSPS) is 10.9. The van der Waals surface area contributed by atoms with Crippen molar-refractivity contribution in [2.75, 3.05) is 5.73 Å². The number of rotatable bonds is 0. The summed E-state index contributed by atoms with van der Waals surface area (Å²) in [5, 5.41) is 0. The molecule has 0 aliphatic carbocycles. The van der Waals surface area contributed by atoms with Gasteiger partial charge >= 0.3 is 0 Å². The minimum absolute atomic E-state index is 0.423. The summed E-state index contributed by atoms with van der Waals surface area (Å²) in [6, 6.07) is 0. The molecule has 2 heterocycles. The summed E-state index contributed by atoms with van der Waals surface area (Å²) in [4.78, 5) is 10.1. The molecule has 0 saturated carbocycles. The minimum atomic E-state index is 0.423. The van der Waals surface area contributed by atoms with E-state index in [9.17, 15) is 0 Å². The molecule has 13 heavy (non-hydrogen) atoms. The molecule has 2 aromatic rings. The van der Waals surface area contributed by atoms with E-state index in [-0.39, 0.29) is 0 Å². The molecule has 0 amide bonds. The Morgan fingerprint density at radius 3 is 2.62 bits per heavy atom. The lowest BCUT2D eigenvalue weighted by Gasteiger charge is -1.95. The lowest BCUT2D eigenvalue weighted by atomic mass is 10.2. The van der Waals surface area contributed by atoms with E-state index in [1.54, 1.807) is 0 Å². The van der Waals surface area contributed by atoms with Gasteiger partial charge in [-0.2, -0.15) is 0 Å². The van der Waals surface area contributed by atoms with E-state index in [4.69, 9.17) is 18.0 Å². The number of H-pyrrole nitrogens is 2. The summed E-state index contributed by atoms with van der Waals surface area (Å²) in [6.45, 7) is 4.00. The Balaban J connectivity index is 3.03. The van der Waals surface area contributed by atoms with Crippen LogP contribution in [0.25, 0.3) is 11.0 Å². The maximum Gasteiger partial charge on any atom is 0.199 e. The standard InChI is InChI=1S/C8H10N4S/c1-3-4(2)10-6-5(3)11-8(13)12-7(6)9/h10H,1-2H3,(H3,9,11,12,13). The van der Waals surface area contributed by atoms with Crippen molar-refractivity contribution >= 4 is 29.1 Å². The number of nitrogens with two attached hydrogens (primary N) is 1. The second kappa shape index (κ2) is 2.56. The van der Waals surface area contributed by atoms with Crippen molar-refractivity contribution in [2.24, 2.45) is 0 Å². The van der Waals surface area contributed by atoms with Crippen molar-refractivity contribution in [3.05, 3.63) is 16.0 Å². The number of nitrogens with zero attached hydrogens (tertiary/aromatic N) is 1. The van der Waals surface area contributed by atoms with Gasteiger partial charge in [0.2, 0.25) is 0 Å². The third-order valence-electron chi connectivity index (χ3n) is 2.21. The van der Waals surface area contributed by atoms with Crippen molar-refractivity contribution in [3.8, 4) is 0 Å². The summed E-state index contributed by atoms with van der Waals surface area (Å²) < 4.78 is 0.423. The van der Waals surface area contributed by atoms with Crippen molar-refractivity contribution < 1.29 is 0 Å². The number of anilines is 1. The van der Waals surface area contributed by atoms with Gasteiger partial charge in [0.05, 0.1) is 5.52 Å². The first-order valence-electron chi connectivity index (χ1n) is 3.94. The number of nitrogen functional groups attached to an aromatic ring is 1. The van der Waals surface area contributed by atoms with Gasteiger partial charge in [-0.3, -0.25) is 0 Å². The summed E-state index contributed by atoms with van der Waals surface area (Å²) in [5.41, 5.74) is 9.72. The summed E-state index contributed by atoms with van der Waals surface area (Å²) >= 11 is 4.94. The minimum Gasteiger partial charge on any atom is -0.382 e. The van der Waals surface area contributed by atoms with Crippen LogP contribution >= 0.6 is 12.2 Å². The zero-order chi connectivity index (χ0) is 9.59. The van der Waals surface area contributed by atoms with Gasteiger partial charge in [0.1, 0.15) is 5.52 Å². The largest absolute Gasteiger partial charge is 0.382 e. The number of hydrogen-bond donors (Lipinski definition) is 3. The molecule has 68 valence electrons. The first-order valence-corrected chi connectivity index (χ1v) is 4.35. The predicted molar refractivity (Wildman–Crippen MR) is 55.2 cm³/mol. The number of hydrogen-bond acceptors (Lipinski definition) is 3. The molecule has 2 rings (SSSR count). The van der Waals surface area contributed by atoms with Gasteiger partial charge in [-0.15, -0.1) is 0 Å². The highest BCUT2D eigenvalue weighted by atomic mass is 32.1. The highest BCUT2D eigenvalue weighted by molar-refractivity contribution is 7.71. The molecule has 0 atom stereocenters. The molecular formula is C8H10N4S. The average molecular weight is 194 g/mol. The Kier molecular flexibility index (Phi) is 1.63. The van der Waals surface area contributed by atoms with Gasteiger partial charge in [0, 0.05) is 5.69 Å². The maximum absolute atomic E-state index is 5.71. The Hall–Kier alpha value is -1.36. The van der Waals surface area contributed by atoms with Crippen molar-refractivity contribution in [1.82, 2.24) is 15.0 Å². The number of fused-ring (bicyclic) bond motifs is 1. The highest BCUT2D eigenvalue weighted by Gasteiger charge is 2.07. The van der Waals surface area contributed by atoms with Crippen LogP contribution in [0.2, 0.25) is 0 Å². The molecule has 0 bridgehead atoms. The summed E-state index contributed by atoms with van der Waals surface area (Å²) in [5.74, 6) is 0.454. The number of aromatic nitrogens is 3.